The van der Waals surface area contributed by atoms with Crippen LogP contribution < -0.4 is 0 Å². The topological polar surface area (TPSA) is 39.5 Å². The summed E-state index contributed by atoms with van der Waals surface area (Å²) in [6.45, 7) is 6.78. The molecule has 1 saturated carbocycles. The van der Waals surface area contributed by atoms with Crippen molar-refractivity contribution in [3.63, 3.8) is 0 Å². The van der Waals surface area contributed by atoms with Crippen molar-refractivity contribution in [2.45, 2.75) is 44.8 Å². The molecule has 3 heterocycles. The molecular formula is C17H27N3O2. The highest BCUT2D eigenvalue weighted by atomic mass is 16.5. The molecule has 1 aromatic rings. The van der Waals surface area contributed by atoms with Gasteiger partial charge in [-0.3, -0.25) is 4.90 Å². The van der Waals surface area contributed by atoms with Gasteiger partial charge < -0.3 is 14.0 Å². The first-order valence-corrected chi connectivity index (χ1v) is 8.78. The lowest BCUT2D eigenvalue weighted by atomic mass is 10.0. The fourth-order valence-electron chi connectivity index (χ4n) is 3.69. The number of imidazole rings is 1. The molecule has 22 heavy (non-hydrogen) atoms. The second kappa shape index (κ2) is 6.69. The van der Waals surface area contributed by atoms with Crippen molar-refractivity contribution in [1.82, 2.24) is 14.5 Å². The van der Waals surface area contributed by atoms with Crippen LogP contribution in [-0.2, 0) is 22.6 Å². The Morgan fingerprint density at radius 3 is 2.73 bits per heavy atom. The maximum atomic E-state index is 5.99. The average Bonchev–Trinajstić information content (AvgIpc) is 3.31. The highest BCUT2D eigenvalue weighted by Crippen LogP contribution is 2.29. The van der Waals surface area contributed by atoms with Crippen LogP contribution in [0, 0.1) is 11.8 Å². The summed E-state index contributed by atoms with van der Waals surface area (Å²) in [5.41, 5.74) is 0. The number of aromatic nitrogens is 2. The van der Waals surface area contributed by atoms with Crippen LogP contribution in [0.2, 0.25) is 0 Å². The fraction of sp³-hybridized carbons (Fsp3) is 0.824. The smallest absolute Gasteiger partial charge is 0.122 e. The Hall–Kier alpha value is -0.910. The molecule has 1 saturated heterocycles. The van der Waals surface area contributed by atoms with Crippen LogP contribution >= 0.6 is 0 Å². The van der Waals surface area contributed by atoms with E-state index in [2.05, 4.69) is 20.6 Å². The number of nitrogens with zero attached hydrogens (tertiary/aromatic N) is 3. The number of ether oxygens (including phenoxy) is 2. The minimum absolute atomic E-state index is 0.567. The maximum Gasteiger partial charge on any atom is 0.122 e. The molecule has 2 aliphatic heterocycles. The SMILES string of the molecule is c1cn2c(n1)CN(C1CCOCC1)C[C@@H](COCC1CC1)C2. The molecule has 3 aliphatic rings. The van der Waals surface area contributed by atoms with E-state index in [1.165, 1.54) is 18.7 Å². The zero-order valence-corrected chi connectivity index (χ0v) is 13.3. The van der Waals surface area contributed by atoms with E-state index in [1.807, 2.05) is 6.20 Å². The summed E-state index contributed by atoms with van der Waals surface area (Å²) >= 11 is 0. The van der Waals surface area contributed by atoms with Gasteiger partial charge >= 0.3 is 0 Å². The lowest BCUT2D eigenvalue weighted by molar-refractivity contribution is 0.0148. The Bertz CT molecular complexity index is 480. The number of fused-ring (bicyclic) bond motifs is 1. The second-order valence-corrected chi connectivity index (χ2v) is 7.12. The van der Waals surface area contributed by atoms with Crippen LogP contribution in [0.15, 0.2) is 12.4 Å². The lowest BCUT2D eigenvalue weighted by Gasteiger charge is -2.34. The summed E-state index contributed by atoms with van der Waals surface area (Å²) in [4.78, 5) is 7.19. The molecule has 0 radical (unpaired) electrons. The molecule has 5 heteroatoms. The molecule has 1 aliphatic carbocycles. The van der Waals surface area contributed by atoms with Gasteiger partial charge in [-0.1, -0.05) is 0 Å². The molecule has 0 N–H and O–H groups in total. The zero-order valence-electron chi connectivity index (χ0n) is 13.3. The molecule has 0 spiro atoms. The van der Waals surface area contributed by atoms with Gasteiger partial charge in [0.15, 0.2) is 0 Å². The molecule has 1 aromatic heterocycles. The van der Waals surface area contributed by atoms with Crippen LogP contribution in [-0.4, -0.2) is 53.5 Å². The first-order chi connectivity index (χ1) is 10.9. The highest BCUT2D eigenvalue weighted by Gasteiger charge is 2.29. The monoisotopic (exact) mass is 305 g/mol. The number of rotatable bonds is 5. The van der Waals surface area contributed by atoms with E-state index in [1.54, 1.807) is 0 Å². The quantitative estimate of drug-likeness (QED) is 0.833. The van der Waals surface area contributed by atoms with Crippen molar-refractivity contribution in [2.75, 3.05) is 33.0 Å². The Kier molecular flexibility index (Phi) is 4.46. The Balaban J connectivity index is 1.41. The van der Waals surface area contributed by atoms with Crippen LogP contribution in [0.1, 0.15) is 31.5 Å². The predicted octanol–water partition coefficient (Wildman–Crippen LogP) is 1.92. The van der Waals surface area contributed by atoms with Crippen molar-refractivity contribution in [1.29, 1.82) is 0 Å². The Labute approximate surface area is 132 Å². The molecule has 0 bridgehead atoms. The lowest BCUT2D eigenvalue weighted by Crippen LogP contribution is -2.41. The summed E-state index contributed by atoms with van der Waals surface area (Å²) in [6, 6.07) is 0.642. The van der Waals surface area contributed by atoms with Gasteiger partial charge in [0.1, 0.15) is 5.82 Å². The van der Waals surface area contributed by atoms with E-state index in [-0.39, 0.29) is 0 Å². The molecule has 2 fully saturated rings. The minimum atomic E-state index is 0.567. The largest absolute Gasteiger partial charge is 0.381 e. The van der Waals surface area contributed by atoms with E-state index in [0.717, 1.165) is 64.8 Å². The van der Waals surface area contributed by atoms with Gasteiger partial charge in [0.05, 0.1) is 13.2 Å². The Morgan fingerprint density at radius 2 is 1.91 bits per heavy atom. The summed E-state index contributed by atoms with van der Waals surface area (Å²) in [5.74, 6) is 2.62. The molecule has 4 rings (SSSR count). The van der Waals surface area contributed by atoms with Gasteiger partial charge in [-0.15, -0.1) is 0 Å². The molecule has 0 amide bonds. The van der Waals surface area contributed by atoms with Gasteiger partial charge in [-0.25, -0.2) is 4.98 Å². The van der Waals surface area contributed by atoms with Gasteiger partial charge in [0.2, 0.25) is 0 Å². The van der Waals surface area contributed by atoms with Gasteiger partial charge in [-0.05, 0) is 31.6 Å². The zero-order chi connectivity index (χ0) is 14.8. The first kappa shape index (κ1) is 14.7. The molecule has 5 nitrogen and oxygen atoms in total. The van der Waals surface area contributed by atoms with Crippen molar-refractivity contribution in [3.05, 3.63) is 18.2 Å². The van der Waals surface area contributed by atoms with E-state index in [9.17, 15) is 0 Å². The van der Waals surface area contributed by atoms with Gasteiger partial charge in [-0.2, -0.15) is 0 Å². The van der Waals surface area contributed by atoms with Crippen LogP contribution in [0.5, 0.6) is 0 Å². The van der Waals surface area contributed by atoms with Crippen molar-refractivity contribution >= 4 is 0 Å². The van der Waals surface area contributed by atoms with Crippen LogP contribution in [0.25, 0.3) is 0 Å². The third kappa shape index (κ3) is 3.53. The summed E-state index contributed by atoms with van der Waals surface area (Å²) < 4.78 is 13.8. The molecule has 0 unspecified atom stereocenters. The fourth-order valence-corrected chi connectivity index (χ4v) is 3.69. The third-order valence-electron chi connectivity index (χ3n) is 5.21. The van der Waals surface area contributed by atoms with Crippen LogP contribution in [0.4, 0.5) is 0 Å². The molecule has 122 valence electrons. The van der Waals surface area contributed by atoms with Crippen LogP contribution in [0.3, 0.4) is 0 Å². The van der Waals surface area contributed by atoms with E-state index < -0.39 is 0 Å². The number of hydrogen-bond donors (Lipinski definition) is 0. The van der Waals surface area contributed by atoms with E-state index in [0.29, 0.717) is 12.0 Å². The Morgan fingerprint density at radius 1 is 1.09 bits per heavy atom. The third-order valence-corrected chi connectivity index (χ3v) is 5.21. The van der Waals surface area contributed by atoms with Crippen molar-refractivity contribution in [2.24, 2.45) is 11.8 Å². The van der Waals surface area contributed by atoms with E-state index >= 15 is 0 Å². The summed E-state index contributed by atoms with van der Waals surface area (Å²) in [5, 5.41) is 0. The summed E-state index contributed by atoms with van der Waals surface area (Å²) in [6.07, 6.45) is 9.09. The second-order valence-electron chi connectivity index (χ2n) is 7.12. The normalized spacial score (nSPS) is 27.5. The molecule has 0 aromatic carbocycles. The maximum absolute atomic E-state index is 5.99. The summed E-state index contributed by atoms with van der Waals surface area (Å²) in [7, 11) is 0. The number of hydrogen-bond acceptors (Lipinski definition) is 4. The first-order valence-electron chi connectivity index (χ1n) is 8.78. The van der Waals surface area contributed by atoms with Gasteiger partial charge in [0.25, 0.3) is 0 Å². The predicted molar refractivity (Wildman–Crippen MR) is 83.5 cm³/mol. The molecule has 1 atom stereocenters. The highest BCUT2D eigenvalue weighted by molar-refractivity contribution is 4.97. The average molecular weight is 305 g/mol. The standard InChI is InChI=1S/C17H27N3O2/c1-2-14(1)12-22-13-15-9-19-6-5-18-17(19)11-20(10-15)16-3-7-21-8-4-16/h5-6,14-16H,1-4,7-13H2/t15-/m0/s1. The van der Waals surface area contributed by atoms with Gasteiger partial charge in [0, 0.05) is 57.3 Å². The molecular weight excluding hydrogens is 278 g/mol. The van der Waals surface area contributed by atoms with Crippen molar-refractivity contribution < 1.29 is 9.47 Å². The minimum Gasteiger partial charge on any atom is -0.381 e. The van der Waals surface area contributed by atoms with Crippen molar-refractivity contribution in [3.8, 4) is 0 Å². The van der Waals surface area contributed by atoms with E-state index in [4.69, 9.17) is 9.47 Å².